The zero-order valence-electron chi connectivity index (χ0n) is 11.1. The largest absolute Gasteiger partial charge is 0.480 e. The van der Waals surface area contributed by atoms with Crippen LogP contribution in [-0.4, -0.2) is 34.5 Å². The molecule has 0 bridgehead atoms. The molecule has 0 aliphatic rings. The van der Waals surface area contributed by atoms with Gasteiger partial charge in [-0.1, -0.05) is 12.1 Å². The molecule has 9 heteroatoms. The second-order valence-electron chi connectivity index (χ2n) is 4.55. The predicted molar refractivity (Wildman–Crippen MR) is 73.1 cm³/mol. The lowest BCUT2D eigenvalue weighted by Gasteiger charge is -2.18. The van der Waals surface area contributed by atoms with Crippen LogP contribution in [0, 0.1) is 5.82 Å². The zero-order valence-corrected chi connectivity index (χ0v) is 12.0. The molecule has 2 N–H and O–H groups in total. The molecule has 1 aromatic carbocycles. The van der Waals surface area contributed by atoms with Crippen molar-refractivity contribution in [3.63, 3.8) is 0 Å². The molecule has 0 heterocycles. The number of halogens is 4. The van der Waals surface area contributed by atoms with Gasteiger partial charge >= 0.3 is 12.1 Å². The van der Waals surface area contributed by atoms with Crippen LogP contribution >= 0.6 is 12.6 Å². The molecule has 22 heavy (non-hydrogen) atoms. The van der Waals surface area contributed by atoms with Crippen LogP contribution in [0.15, 0.2) is 24.3 Å². The summed E-state index contributed by atoms with van der Waals surface area (Å²) in [6.45, 7) is 0. The van der Waals surface area contributed by atoms with E-state index < -0.39 is 41.6 Å². The summed E-state index contributed by atoms with van der Waals surface area (Å²) >= 11 is 3.26. The summed E-state index contributed by atoms with van der Waals surface area (Å²) in [4.78, 5) is 22.5. The van der Waals surface area contributed by atoms with Gasteiger partial charge in [0.25, 0.3) is 0 Å². The number of thiol groups is 1. The molecule has 0 spiro atoms. The van der Waals surface area contributed by atoms with Crippen molar-refractivity contribution in [1.29, 1.82) is 0 Å². The van der Waals surface area contributed by atoms with Gasteiger partial charge in [0.05, 0.1) is 0 Å². The Morgan fingerprint density at radius 2 is 1.77 bits per heavy atom. The van der Waals surface area contributed by atoms with Gasteiger partial charge in [0.2, 0.25) is 5.91 Å². The topological polar surface area (TPSA) is 66.4 Å². The number of carboxylic acids is 1. The smallest absolute Gasteiger partial charge is 0.400 e. The molecule has 0 aromatic heterocycles. The number of carbonyl (C=O) groups excluding carboxylic acids is 1. The first kappa shape index (κ1) is 18.3. The zero-order chi connectivity index (χ0) is 16.9. The third-order valence-corrected chi connectivity index (χ3v) is 3.22. The second kappa shape index (κ2) is 7.48. The lowest BCUT2D eigenvalue weighted by atomic mass is 10.1. The summed E-state index contributed by atoms with van der Waals surface area (Å²) in [7, 11) is 0. The van der Waals surface area contributed by atoms with Crippen molar-refractivity contribution in [2.75, 3.05) is 0 Å². The first-order valence-electron chi connectivity index (χ1n) is 6.11. The fourth-order valence-electron chi connectivity index (χ4n) is 1.60. The van der Waals surface area contributed by atoms with E-state index in [1.54, 1.807) is 0 Å². The highest BCUT2D eigenvalue weighted by Gasteiger charge is 2.38. The minimum Gasteiger partial charge on any atom is -0.480 e. The molecular weight excluding hydrogens is 326 g/mol. The molecule has 1 unspecified atom stereocenters. The molecule has 0 saturated carbocycles. The fourth-order valence-corrected chi connectivity index (χ4v) is 1.77. The summed E-state index contributed by atoms with van der Waals surface area (Å²) in [6.07, 6.45) is -5.82. The lowest BCUT2D eigenvalue weighted by molar-refractivity contribution is -0.144. The number of aliphatic carboxylic acids is 1. The van der Waals surface area contributed by atoms with Gasteiger partial charge in [-0.25, -0.2) is 9.18 Å². The van der Waals surface area contributed by atoms with Crippen LogP contribution in [-0.2, 0) is 16.0 Å². The number of amides is 1. The highest BCUT2D eigenvalue weighted by molar-refractivity contribution is 7.81. The Kier molecular flexibility index (Phi) is 6.21. The molecule has 0 fully saturated rings. The molecule has 0 aliphatic carbocycles. The summed E-state index contributed by atoms with van der Waals surface area (Å²) < 4.78 is 49.6. The highest BCUT2D eigenvalue weighted by Crippen LogP contribution is 2.26. The molecule has 122 valence electrons. The van der Waals surface area contributed by atoms with Gasteiger partial charge in [0, 0.05) is 12.8 Å². The average molecular weight is 339 g/mol. The molecule has 0 radical (unpaired) electrons. The summed E-state index contributed by atoms with van der Waals surface area (Å²) in [6, 6.07) is 3.47. The van der Waals surface area contributed by atoms with Crippen molar-refractivity contribution in [1.82, 2.24) is 5.32 Å². The van der Waals surface area contributed by atoms with E-state index in [9.17, 15) is 27.2 Å². The quantitative estimate of drug-likeness (QED) is 0.550. The molecule has 1 rings (SSSR count). The van der Waals surface area contributed by atoms with Gasteiger partial charge in [0.15, 0.2) is 0 Å². The van der Waals surface area contributed by atoms with Crippen molar-refractivity contribution in [3.05, 3.63) is 35.6 Å². The number of carbonyl (C=O) groups is 2. The van der Waals surface area contributed by atoms with Crippen molar-refractivity contribution in [2.45, 2.75) is 30.3 Å². The number of hydrogen-bond donors (Lipinski definition) is 3. The first-order chi connectivity index (χ1) is 10.1. The monoisotopic (exact) mass is 339 g/mol. The van der Waals surface area contributed by atoms with E-state index >= 15 is 0 Å². The highest BCUT2D eigenvalue weighted by atomic mass is 32.1. The maximum atomic E-state index is 12.7. The normalized spacial score (nSPS) is 14.2. The van der Waals surface area contributed by atoms with Gasteiger partial charge in [-0.15, -0.1) is 0 Å². The predicted octanol–water partition coefficient (Wildman–Crippen LogP) is 2.19. The minimum absolute atomic E-state index is 0.176. The van der Waals surface area contributed by atoms with E-state index in [-0.39, 0.29) is 6.42 Å². The van der Waals surface area contributed by atoms with E-state index in [0.29, 0.717) is 5.56 Å². The fraction of sp³-hybridized carbons (Fsp3) is 0.385. The van der Waals surface area contributed by atoms with E-state index in [2.05, 4.69) is 12.6 Å². The van der Waals surface area contributed by atoms with Crippen molar-refractivity contribution >= 4 is 24.5 Å². The van der Waals surface area contributed by atoms with Gasteiger partial charge < -0.3 is 10.4 Å². The van der Waals surface area contributed by atoms with E-state index in [0.717, 1.165) is 12.1 Å². The summed E-state index contributed by atoms with van der Waals surface area (Å²) in [5, 5.41) is 8.83. The van der Waals surface area contributed by atoms with Crippen LogP contribution in [0.2, 0.25) is 0 Å². The van der Waals surface area contributed by atoms with E-state index in [1.807, 2.05) is 5.32 Å². The molecule has 1 aromatic rings. The molecular formula is C13H13F4NO3S. The van der Waals surface area contributed by atoms with Crippen LogP contribution in [0.25, 0.3) is 0 Å². The molecule has 4 nitrogen and oxygen atoms in total. The Hall–Kier alpha value is -1.77. The number of benzene rings is 1. The third-order valence-electron chi connectivity index (χ3n) is 2.74. The van der Waals surface area contributed by atoms with Gasteiger partial charge in [-0.3, -0.25) is 4.79 Å². The van der Waals surface area contributed by atoms with Crippen LogP contribution < -0.4 is 5.32 Å². The Morgan fingerprint density at radius 1 is 1.23 bits per heavy atom. The Bertz CT molecular complexity index is 533. The Morgan fingerprint density at radius 3 is 2.23 bits per heavy atom. The van der Waals surface area contributed by atoms with Crippen LogP contribution in [0.5, 0.6) is 0 Å². The van der Waals surface area contributed by atoms with E-state index in [4.69, 9.17) is 5.11 Å². The second-order valence-corrected chi connectivity index (χ2v) is 5.17. The molecule has 1 amide bonds. The number of carboxylic acid groups (broad SMARTS) is 1. The van der Waals surface area contributed by atoms with Crippen LogP contribution in [0.1, 0.15) is 12.0 Å². The number of hydrogen-bond acceptors (Lipinski definition) is 3. The Balaban J connectivity index is 2.66. The van der Waals surface area contributed by atoms with Gasteiger partial charge in [-0.05, 0) is 17.7 Å². The first-order valence-corrected chi connectivity index (χ1v) is 6.62. The van der Waals surface area contributed by atoms with Crippen molar-refractivity contribution in [2.24, 2.45) is 0 Å². The minimum atomic E-state index is -4.66. The molecule has 2 atom stereocenters. The average Bonchev–Trinajstić information content (AvgIpc) is 2.39. The van der Waals surface area contributed by atoms with Crippen LogP contribution in [0.3, 0.4) is 0 Å². The third kappa shape index (κ3) is 5.92. The van der Waals surface area contributed by atoms with Crippen molar-refractivity contribution in [3.8, 4) is 0 Å². The molecule has 0 saturated heterocycles. The van der Waals surface area contributed by atoms with Gasteiger partial charge in [-0.2, -0.15) is 25.8 Å². The number of rotatable bonds is 6. The van der Waals surface area contributed by atoms with Crippen molar-refractivity contribution < 1.29 is 32.3 Å². The Labute approximate surface area is 128 Å². The maximum absolute atomic E-state index is 12.7. The SMILES string of the molecule is O=C(CC(S)C(F)(F)F)N[C@@H](Cc1ccc(F)cc1)C(=O)O. The van der Waals surface area contributed by atoms with Crippen LogP contribution in [0.4, 0.5) is 17.6 Å². The summed E-state index contributed by atoms with van der Waals surface area (Å²) in [5.74, 6) is -2.99. The number of alkyl halides is 3. The standard InChI is InChI=1S/C13H13F4NO3S/c14-8-3-1-7(2-4-8)5-9(12(20)21)18-11(19)6-10(22)13(15,16)17/h1-4,9-10,22H,5-6H2,(H,18,19)(H,20,21)/t9-,10?/m0/s1. The van der Waals surface area contributed by atoms with Gasteiger partial charge in [0.1, 0.15) is 17.1 Å². The molecule has 0 aliphatic heterocycles. The summed E-state index contributed by atoms with van der Waals surface area (Å²) in [5.41, 5.74) is 0.423. The maximum Gasteiger partial charge on any atom is 0.400 e. The van der Waals surface area contributed by atoms with E-state index in [1.165, 1.54) is 12.1 Å². The lowest BCUT2D eigenvalue weighted by Crippen LogP contribution is -2.44. The number of nitrogens with one attached hydrogen (secondary N) is 1.